The number of amides is 1. The lowest BCUT2D eigenvalue weighted by molar-refractivity contribution is -0.117. The average molecular weight is 367 g/mol. The summed E-state index contributed by atoms with van der Waals surface area (Å²) in [5.41, 5.74) is 3.97. The van der Waals surface area contributed by atoms with Crippen LogP contribution in [0.25, 0.3) is 11.4 Å². The Morgan fingerprint density at radius 3 is 2.44 bits per heavy atom. The second-order valence-electron chi connectivity index (χ2n) is 6.35. The van der Waals surface area contributed by atoms with E-state index in [9.17, 15) is 4.79 Å². The summed E-state index contributed by atoms with van der Waals surface area (Å²) in [7, 11) is 1.84. The van der Waals surface area contributed by atoms with Gasteiger partial charge in [-0.1, -0.05) is 20.8 Å². The van der Waals surface area contributed by atoms with Gasteiger partial charge in [-0.05, 0) is 24.8 Å². The Balaban J connectivity index is 1.70. The monoisotopic (exact) mass is 367 g/mol. The highest BCUT2D eigenvalue weighted by atomic mass is 16.2. The largest absolute Gasteiger partial charge is 0.309 e. The van der Waals surface area contributed by atoms with Crippen molar-refractivity contribution in [2.45, 2.75) is 46.6 Å². The van der Waals surface area contributed by atoms with Crippen LogP contribution in [-0.2, 0) is 37.6 Å². The molecule has 0 bridgehead atoms. The van der Waals surface area contributed by atoms with Gasteiger partial charge < -0.3 is 5.32 Å². The van der Waals surface area contributed by atoms with Crippen molar-refractivity contribution in [2.75, 3.05) is 5.32 Å². The molecule has 3 heterocycles. The number of aromatic nitrogens is 6. The van der Waals surface area contributed by atoms with Crippen LogP contribution >= 0.6 is 0 Å². The fourth-order valence-electron chi connectivity index (χ4n) is 3.01. The first-order valence-corrected chi connectivity index (χ1v) is 9.24. The summed E-state index contributed by atoms with van der Waals surface area (Å²) in [5.74, 6) is 1.21. The average Bonchev–Trinajstić information content (AvgIpc) is 3.26. The first-order chi connectivity index (χ1) is 13.0. The van der Waals surface area contributed by atoms with Gasteiger partial charge in [-0.3, -0.25) is 14.2 Å². The lowest BCUT2D eigenvalue weighted by atomic mass is 10.1. The predicted molar refractivity (Wildman–Crippen MR) is 103 cm³/mol. The number of nitrogens with zero attached hydrogens (tertiary/aromatic N) is 6. The topological polar surface area (TPSA) is 90.5 Å². The Morgan fingerprint density at radius 1 is 1.07 bits per heavy atom. The molecule has 0 aliphatic heterocycles. The lowest BCUT2D eigenvalue weighted by Gasteiger charge is -2.08. The molecule has 1 amide bonds. The van der Waals surface area contributed by atoms with Gasteiger partial charge in [0.15, 0.2) is 5.82 Å². The van der Waals surface area contributed by atoms with Crippen LogP contribution in [0.4, 0.5) is 5.82 Å². The Morgan fingerprint density at radius 2 is 1.81 bits per heavy atom. The summed E-state index contributed by atoms with van der Waals surface area (Å²) in [4.78, 5) is 21.2. The van der Waals surface area contributed by atoms with E-state index in [1.807, 2.05) is 19.4 Å². The molecule has 0 aromatic carbocycles. The SMILES string of the molecule is CCc1cnc(-c2cnn(CC(=O)Nc3c(CC)c(CC)nn3C)c2)nc1. The third-order valence-electron chi connectivity index (χ3n) is 4.49. The van der Waals surface area contributed by atoms with Gasteiger partial charge in [0.2, 0.25) is 5.91 Å². The van der Waals surface area contributed by atoms with Crippen molar-refractivity contribution in [1.82, 2.24) is 29.5 Å². The van der Waals surface area contributed by atoms with Gasteiger partial charge in [-0.15, -0.1) is 0 Å². The van der Waals surface area contributed by atoms with Crippen LogP contribution in [-0.4, -0.2) is 35.4 Å². The molecule has 142 valence electrons. The van der Waals surface area contributed by atoms with Crippen LogP contribution in [0, 0.1) is 0 Å². The molecule has 8 nitrogen and oxygen atoms in total. The molecule has 0 saturated carbocycles. The molecule has 0 saturated heterocycles. The first kappa shape index (κ1) is 18.8. The minimum atomic E-state index is -0.146. The van der Waals surface area contributed by atoms with Gasteiger partial charge >= 0.3 is 0 Å². The van der Waals surface area contributed by atoms with Crippen LogP contribution in [0.5, 0.6) is 0 Å². The molecule has 3 aromatic rings. The fourth-order valence-corrected chi connectivity index (χ4v) is 3.01. The third kappa shape index (κ3) is 4.05. The number of hydrogen-bond donors (Lipinski definition) is 1. The molecular weight excluding hydrogens is 342 g/mol. The molecule has 0 radical (unpaired) electrons. The van der Waals surface area contributed by atoms with E-state index in [2.05, 4.69) is 46.3 Å². The lowest BCUT2D eigenvalue weighted by Crippen LogP contribution is -2.21. The summed E-state index contributed by atoms with van der Waals surface area (Å²) in [6, 6.07) is 0. The molecule has 0 unspecified atom stereocenters. The van der Waals surface area contributed by atoms with Gasteiger partial charge in [0.1, 0.15) is 12.4 Å². The highest BCUT2D eigenvalue weighted by molar-refractivity contribution is 5.90. The second-order valence-corrected chi connectivity index (χ2v) is 6.35. The second kappa shape index (κ2) is 8.11. The Hall–Kier alpha value is -3.03. The molecular formula is C19H25N7O. The van der Waals surface area contributed by atoms with Crippen LogP contribution in [0.15, 0.2) is 24.8 Å². The van der Waals surface area contributed by atoms with Gasteiger partial charge in [0.05, 0.1) is 17.5 Å². The molecule has 8 heteroatoms. The van der Waals surface area contributed by atoms with E-state index >= 15 is 0 Å². The smallest absolute Gasteiger partial charge is 0.247 e. The van der Waals surface area contributed by atoms with Crippen LogP contribution < -0.4 is 5.32 Å². The fraction of sp³-hybridized carbons (Fsp3) is 0.421. The van der Waals surface area contributed by atoms with E-state index in [-0.39, 0.29) is 12.5 Å². The van der Waals surface area contributed by atoms with E-state index in [1.165, 1.54) is 0 Å². The third-order valence-corrected chi connectivity index (χ3v) is 4.49. The summed E-state index contributed by atoms with van der Waals surface area (Å²) < 4.78 is 3.32. The number of hydrogen-bond acceptors (Lipinski definition) is 5. The summed E-state index contributed by atoms with van der Waals surface area (Å²) in [6.07, 6.45) is 9.63. The number of rotatable bonds is 7. The number of aryl methyl sites for hydroxylation is 3. The molecule has 0 aliphatic carbocycles. The Kier molecular flexibility index (Phi) is 5.63. The van der Waals surface area contributed by atoms with E-state index in [0.717, 1.165) is 47.5 Å². The van der Waals surface area contributed by atoms with E-state index < -0.39 is 0 Å². The molecule has 0 aliphatic rings. The maximum atomic E-state index is 12.5. The zero-order valence-electron chi connectivity index (χ0n) is 16.2. The van der Waals surface area contributed by atoms with Gasteiger partial charge in [-0.2, -0.15) is 10.2 Å². The normalized spacial score (nSPS) is 11.0. The zero-order chi connectivity index (χ0) is 19.4. The van der Waals surface area contributed by atoms with Crippen molar-refractivity contribution in [3.63, 3.8) is 0 Å². The van der Waals surface area contributed by atoms with Crippen molar-refractivity contribution in [3.05, 3.63) is 41.6 Å². The molecule has 0 spiro atoms. The summed E-state index contributed by atoms with van der Waals surface area (Å²) in [5, 5.41) is 11.7. The Bertz CT molecular complexity index is 924. The molecule has 3 rings (SSSR count). The van der Waals surface area contributed by atoms with Crippen LogP contribution in [0.1, 0.15) is 37.6 Å². The zero-order valence-corrected chi connectivity index (χ0v) is 16.2. The predicted octanol–water partition coefficient (Wildman–Crippen LogP) is 2.40. The van der Waals surface area contributed by atoms with Crippen molar-refractivity contribution in [3.8, 4) is 11.4 Å². The maximum Gasteiger partial charge on any atom is 0.247 e. The molecule has 0 fully saturated rings. The van der Waals surface area contributed by atoms with Crippen molar-refractivity contribution in [1.29, 1.82) is 0 Å². The highest BCUT2D eigenvalue weighted by Crippen LogP contribution is 2.20. The molecule has 1 N–H and O–H groups in total. The minimum absolute atomic E-state index is 0.114. The van der Waals surface area contributed by atoms with Crippen molar-refractivity contribution >= 4 is 11.7 Å². The maximum absolute atomic E-state index is 12.5. The van der Waals surface area contributed by atoms with Crippen molar-refractivity contribution in [2.24, 2.45) is 7.05 Å². The number of carbonyl (C=O) groups excluding carboxylic acids is 1. The number of anilines is 1. The first-order valence-electron chi connectivity index (χ1n) is 9.24. The standard InChI is InChI=1S/C19H25N7O/c1-5-13-8-20-18(21-9-13)14-10-22-26(11-14)12-17(27)23-19-15(6-2)16(7-3)24-25(19)4/h8-11H,5-7,12H2,1-4H3,(H,23,27). The van der Waals surface area contributed by atoms with E-state index in [1.54, 1.807) is 21.8 Å². The summed E-state index contributed by atoms with van der Waals surface area (Å²) in [6.45, 7) is 6.30. The summed E-state index contributed by atoms with van der Waals surface area (Å²) >= 11 is 0. The van der Waals surface area contributed by atoms with Gasteiger partial charge in [0.25, 0.3) is 0 Å². The molecule has 27 heavy (non-hydrogen) atoms. The molecule has 0 atom stereocenters. The quantitative estimate of drug-likeness (QED) is 0.692. The number of carbonyl (C=O) groups is 1. The molecule has 3 aromatic heterocycles. The number of nitrogens with one attached hydrogen (secondary N) is 1. The minimum Gasteiger partial charge on any atom is -0.309 e. The van der Waals surface area contributed by atoms with Crippen LogP contribution in [0.2, 0.25) is 0 Å². The van der Waals surface area contributed by atoms with E-state index in [4.69, 9.17) is 0 Å². The van der Waals surface area contributed by atoms with Gasteiger partial charge in [0, 0.05) is 31.2 Å². The van der Waals surface area contributed by atoms with Crippen LogP contribution in [0.3, 0.4) is 0 Å². The Labute approximate surface area is 158 Å². The highest BCUT2D eigenvalue weighted by Gasteiger charge is 2.16. The van der Waals surface area contributed by atoms with Crippen molar-refractivity contribution < 1.29 is 4.79 Å². The van der Waals surface area contributed by atoms with E-state index in [0.29, 0.717) is 5.82 Å². The van der Waals surface area contributed by atoms with Gasteiger partial charge in [-0.25, -0.2) is 9.97 Å².